The van der Waals surface area contributed by atoms with Gasteiger partial charge in [0.15, 0.2) is 0 Å². The molecule has 4 rings (SSSR count). The second-order valence-electron chi connectivity index (χ2n) is 13.4. The number of carboxylic acid groups (broad SMARTS) is 1. The predicted molar refractivity (Wildman–Crippen MR) is 191 cm³/mol. The molecule has 2 atom stereocenters. The smallest absolute Gasteiger partial charge is 0.322 e. The number of aliphatic carboxylic acids is 1. The van der Waals surface area contributed by atoms with Gasteiger partial charge in [0.25, 0.3) is 11.5 Å². The SMILES string of the molecule is Cn1c(=O)c(C(=O)NCC(=O)O)c(O)c2cc(CNC(=O)[C@H](Cc3ccccc3)NC(=O)C[C@H](Cc3ccccc3)NC(=O)C(C)(C)C)ccc21. The minimum atomic E-state index is -1.32. The van der Waals surface area contributed by atoms with Gasteiger partial charge in [-0.3, -0.25) is 28.8 Å². The van der Waals surface area contributed by atoms with E-state index in [2.05, 4.69) is 21.3 Å². The highest BCUT2D eigenvalue weighted by atomic mass is 16.4. The summed E-state index contributed by atoms with van der Waals surface area (Å²) in [4.78, 5) is 76.4. The third kappa shape index (κ3) is 10.3. The number of benzene rings is 3. The van der Waals surface area contributed by atoms with Crippen LogP contribution in [0.3, 0.4) is 0 Å². The van der Waals surface area contributed by atoms with Crippen LogP contribution in [0.4, 0.5) is 0 Å². The van der Waals surface area contributed by atoms with Crippen molar-refractivity contribution in [1.29, 1.82) is 0 Å². The second kappa shape index (κ2) is 16.6. The maximum absolute atomic E-state index is 13.7. The molecule has 0 spiro atoms. The van der Waals surface area contributed by atoms with Crippen molar-refractivity contribution in [3.05, 3.63) is 111 Å². The number of nitrogens with one attached hydrogen (secondary N) is 4. The van der Waals surface area contributed by atoms with E-state index in [0.29, 0.717) is 17.5 Å². The van der Waals surface area contributed by atoms with E-state index in [0.717, 1.165) is 15.7 Å². The molecule has 0 fully saturated rings. The van der Waals surface area contributed by atoms with E-state index in [4.69, 9.17) is 5.11 Å². The highest BCUT2D eigenvalue weighted by Gasteiger charge is 2.28. The second-order valence-corrected chi connectivity index (χ2v) is 13.4. The molecule has 3 aromatic carbocycles. The van der Waals surface area contributed by atoms with Gasteiger partial charge in [-0.05, 0) is 35.2 Å². The van der Waals surface area contributed by atoms with E-state index in [-0.39, 0.29) is 30.7 Å². The van der Waals surface area contributed by atoms with E-state index >= 15 is 0 Å². The Hall–Kier alpha value is -5.98. The molecule has 4 amide bonds. The number of aryl methyl sites for hydroxylation is 1. The van der Waals surface area contributed by atoms with Gasteiger partial charge in [-0.2, -0.15) is 0 Å². The number of carbonyl (C=O) groups excluding carboxylic acids is 4. The fourth-order valence-electron chi connectivity index (χ4n) is 5.46. The molecule has 0 aliphatic carbocycles. The van der Waals surface area contributed by atoms with Crippen molar-refractivity contribution in [3.63, 3.8) is 0 Å². The average Bonchev–Trinajstić information content (AvgIpc) is 3.08. The van der Waals surface area contributed by atoms with Crippen molar-refractivity contribution < 1.29 is 34.2 Å². The van der Waals surface area contributed by atoms with Crippen LogP contribution >= 0.6 is 0 Å². The van der Waals surface area contributed by atoms with Crippen LogP contribution < -0.4 is 26.8 Å². The molecular formula is C38H43N5O8. The number of fused-ring (bicyclic) bond motifs is 1. The van der Waals surface area contributed by atoms with Crippen LogP contribution in [0.2, 0.25) is 0 Å². The van der Waals surface area contributed by atoms with Gasteiger partial charge in [0.05, 0.1) is 5.52 Å². The van der Waals surface area contributed by atoms with E-state index in [1.165, 1.54) is 13.1 Å². The van der Waals surface area contributed by atoms with Crippen molar-refractivity contribution in [2.75, 3.05) is 6.54 Å². The first-order valence-corrected chi connectivity index (χ1v) is 16.4. The van der Waals surface area contributed by atoms with Crippen LogP contribution in [0.25, 0.3) is 10.9 Å². The molecule has 0 unspecified atom stereocenters. The van der Waals surface area contributed by atoms with E-state index in [1.54, 1.807) is 32.9 Å². The van der Waals surface area contributed by atoms with E-state index in [1.807, 2.05) is 60.7 Å². The van der Waals surface area contributed by atoms with Gasteiger partial charge >= 0.3 is 5.97 Å². The van der Waals surface area contributed by atoms with Crippen LogP contribution in [-0.4, -0.2) is 63.0 Å². The lowest BCUT2D eigenvalue weighted by molar-refractivity contribution is -0.136. The quantitative estimate of drug-likeness (QED) is 0.116. The zero-order valence-electron chi connectivity index (χ0n) is 29.0. The zero-order valence-corrected chi connectivity index (χ0v) is 29.0. The third-order valence-electron chi connectivity index (χ3n) is 8.23. The third-order valence-corrected chi connectivity index (χ3v) is 8.23. The molecule has 0 aliphatic heterocycles. The fourth-order valence-corrected chi connectivity index (χ4v) is 5.46. The molecule has 0 saturated carbocycles. The number of amides is 4. The Balaban J connectivity index is 1.54. The predicted octanol–water partition coefficient (Wildman–Crippen LogP) is 2.57. The molecular weight excluding hydrogens is 654 g/mol. The number of nitrogens with zero attached hydrogens (tertiary/aromatic N) is 1. The van der Waals surface area contributed by atoms with Crippen molar-refractivity contribution in [3.8, 4) is 5.75 Å². The molecule has 0 radical (unpaired) electrons. The molecule has 1 aromatic heterocycles. The Labute approximate surface area is 295 Å². The number of hydrogen-bond donors (Lipinski definition) is 6. The van der Waals surface area contributed by atoms with Crippen LogP contribution in [0.1, 0.15) is 54.2 Å². The van der Waals surface area contributed by atoms with Crippen LogP contribution in [0.5, 0.6) is 5.75 Å². The topological polar surface area (TPSA) is 196 Å². The molecule has 0 saturated heterocycles. The Kier molecular flexibility index (Phi) is 12.3. The summed E-state index contributed by atoms with van der Waals surface area (Å²) in [5.41, 5.74) is 0.473. The minimum absolute atomic E-state index is 0.0307. The first-order chi connectivity index (χ1) is 24.1. The number of aromatic nitrogens is 1. The fraction of sp³-hybridized carbons (Fsp3) is 0.316. The molecule has 1 heterocycles. The van der Waals surface area contributed by atoms with E-state index < -0.39 is 64.6 Å². The van der Waals surface area contributed by atoms with Gasteiger partial charge < -0.3 is 36.0 Å². The van der Waals surface area contributed by atoms with Gasteiger partial charge in [0.1, 0.15) is 23.9 Å². The van der Waals surface area contributed by atoms with Gasteiger partial charge in [0.2, 0.25) is 17.7 Å². The summed E-state index contributed by atoms with van der Waals surface area (Å²) in [5.74, 6) is -4.10. The summed E-state index contributed by atoms with van der Waals surface area (Å²) in [5, 5.41) is 30.7. The van der Waals surface area contributed by atoms with Gasteiger partial charge in [-0.15, -0.1) is 0 Å². The summed E-state index contributed by atoms with van der Waals surface area (Å²) >= 11 is 0. The number of rotatable bonds is 14. The van der Waals surface area contributed by atoms with Crippen LogP contribution in [-0.2, 0) is 45.6 Å². The zero-order chi connectivity index (χ0) is 37.3. The van der Waals surface area contributed by atoms with Gasteiger partial charge in [0, 0.05) is 43.3 Å². The van der Waals surface area contributed by atoms with Crippen molar-refractivity contribution in [2.24, 2.45) is 12.5 Å². The molecule has 6 N–H and O–H groups in total. The lowest BCUT2D eigenvalue weighted by Gasteiger charge is -2.25. The highest BCUT2D eigenvalue weighted by molar-refractivity contribution is 6.03. The molecule has 0 bridgehead atoms. The molecule has 51 heavy (non-hydrogen) atoms. The minimum Gasteiger partial charge on any atom is -0.506 e. The average molecular weight is 698 g/mol. The summed E-state index contributed by atoms with van der Waals surface area (Å²) < 4.78 is 1.16. The largest absolute Gasteiger partial charge is 0.506 e. The number of aromatic hydroxyl groups is 1. The van der Waals surface area contributed by atoms with Crippen molar-refractivity contribution >= 4 is 40.5 Å². The lowest BCUT2D eigenvalue weighted by atomic mass is 9.94. The van der Waals surface area contributed by atoms with Crippen molar-refractivity contribution in [2.45, 2.75) is 58.7 Å². The van der Waals surface area contributed by atoms with Crippen molar-refractivity contribution in [1.82, 2.24) is 25.8 Å². The number of pyridine rings is 1. The van der Waals surface area contributed by atoms with Crippen LogP contribution in [0, 0.1) is 5.41 Å². The Morgan fingerprint density at radius 3 is 2.00 bits per heavy atom. The maximum atomic E-state index is 13.7. The van der Waals surface area contributed by atoms with E-state index in [9.17, 15) is 33.9 Å². The molecule has 13 heteroatoms. The molecule has 268 valence electrons. The standard InChI is InChI=1S/C38H43N5O8/c1-38(2,3)37(51)41-26(17-23-11-7-5-8-12-23)20-30(44)42-28(19-24-13-9-6-10-14-24)34(48)39-21-25-15-16-29-27(18-25)33(47)32(36(50)43(29)4)35(49)40-22-31(45)46/h5-16,18,26,28,47H,17,19-22H2,1-4H3,(H,39,48)(H,40,49)(H,41,51)(H,42,44)(H,45,46)/t26-,28-/m0/s1. The molecule has 4 aromatic rings. The molecule has 0 aliphatic rings. The summed E-state index contributed by atoms with van der Waals surface area (Å²) in [6.45, 7) is 4.59. The summed E-state index contributed by atoms with van der Waals surface area (Å²) in [6.07, 6.45) is 0.529. The van der Waals surface area contributed by atoms with Crippen LogP contribution in [0.15, 0.2) is 83.7 Å². The Morgan fingerprint density at radius 2 is 1.41 bits per heavy atom. The molecule has 13 nitrogen and oxygen atoms in total. The van der Waals surface area contributed by atoms with Gasteiger partial charge in [-0.25, -0.2) is 0 Å². The monoisotopic (exact) mass is 697 g/mol. The highest BCUT2D eigenvalue weighted by Crippen LogP contribution is 2.27. The normalized spacial score (nSPS) is 12.4. The number of hydrogen-bond acceptors (Lipinski definition) is 7. The Morgan fingerprint density at radius 1 is 0.804 bits per heavy atom. The first kappa shape index (κ1) is 37.8. The van der Waals surface area contributed by atoms with Gasteiger partial charge in [-0.1, -0.05) is 87.5 Å². The lowest BCUT2D eigenvalue weighted by Crippen LogP contribution is -2.50. The first-order valence-electron chi connectivity index (χ1n) is 16.4. The number of carboxylic acids is 1. The number of carbonyl (C=O) groups is 5. The Bertz CT molecular complexity index is 1970. The summed E-state index contributed by atoms with van der Waals surface area (Å²) in [7, 11) is 1.41. The maximum Gasteiger partial charge on any atom is 0.322 e. The summed E-state index contributed by atoms with van der Waals surface area (Å²) in [6, 6.07) is 21.9.